The number of furan rings is 1. The fourth-order valence-corrected chi connectivity index (χ4v) is 2.58. The molecule has 3 rings (SSSR count). The van der Waals surface area contributed by atoms with Crippen molar-refractivity contribution in [3.05, 3.63) is 24.1 Å². The number of carbonyl (C=O) groups excluding carboxylic acids is 2. The van der Waals surface area contributed by atoms with E-state index in [-0.39, 0.29) is 28.6 Å². The first-order valence-corrected chi connectivity index (χ1v) is 6.87. The molecule has 0 aromatic carbocycles. The minimum atomic E-state index is -0.764. The summed E-state index contributed by atoms with van der Waals surface area (Å²) in [5, 5.41) is 3.15. The lowest BCUT2D eigenvalue weighted by molar-refractivity contribution is 0.0977. The number of primary amides is 1. The molecule has 0 aliphatic carbocycles. The summed E-state index contributed by atoms with van der Waals surface area (Å²) < 4.78 is 5.30. The lowest BCUT2D eigenvalue weighted by atomic mass is 10.2. The molecule has 0 radical (unpaired) electrons. The number of rotatable bonds is 2. The number of hydrogen-bond acceptors (Lipinski definition) is 4. The second-order valence-corrected chi connectivity index (χ2v) is 5.41. The van der Waals surface area contributed by atoms with E-state index in [1.54, 1.807) is 17.0 Å². The van der Waals surface area contributed by atoms with Gasteiger partial charge in [0, 0.05) is 19.3 Å². The van der Waals surface area contributed by atoms with Gasteiger partial charge >= 0.3 is 6.03 Å². The first-order chi connectivity index (χ1) is 10.1. The zero-order valence-electron chi connectivity index (χ0n) is 11.0. The third-order valence-electron chi connectivity index (χ3n) is 3.34. The minimum absolute atomic E-state index is 0.0471. The quantitative estimate of drug-likeness (QED) is 0.825. The number of nitrogens with one attached hydrogen (secondary N) is 1. The van der Waals surface area contributed by atoms with Crippen molar-refractivity contribution < 1.29 is 14.0 Å². The van der Waals surface area contributed by atoms with Crippen molar-refractivity contribution in [2.45, 2.75) is 11.8 Å². The number of nitrogens with zero attached hydrogens (tertiary/aromatic N) is 2. The van der Waals surface area contributed by atoms with Crippen molar-refractivity contribution in [3.8, 4) is 0 Å². The van der Waals surface area contributed by atoms with Crippen LogP contribution >= 0.6 is 11.6 Å². The van der Waals surface area contributed by atoms with Crippen molar-refractivity contribution >= 4 is 40.3 Å². The van der Waals surface area contributed by atoms with Crippen LogP contribution in [0, 0.1) is 0 Å². The van der Waals surface area contributed by atoms with Gasteiger partial charge in [-0.2, -0.15) is 0 Å². The monoisotopic (exact) mass is 308 g/mol. The summed E-state index contributed by atoms with van der Waals surface area (Å²) in [7, 11) is 0. The Hall–Kier alpha value is -2.28. The number of aromatic nitrogens is 1. The Balaban J connectivity index is 1.93. The number of nitrogens with two attached hydrogens (primary N) is 1. The van der Waals surface area contributed by atoms with E-state index in [0.717, 1.165) is 6.42 Å². The molecule has 21 heavy (non-hydrogen) atoms. The van der Waals surface area contributed by atoms with Crippen LogP contribution in [0.15, 0.2) is 22.7 Å². The van der Waals surface area contributed by atoms with Crippen LogP contribution in [0.1, 0.15) is 17.0 Å². The Morgan fingerprint density at radius 3 is 3.00 bits per heavy atom. The fraction of sp³-hybridized carbons (Fsp3) is 0.308. The summed E-state index contributed by atoms with van der Waals surface area (Å²) >= 11 is 5.99. The molecule has 1 unspecified atom stereocenters. The maximum atomic E-state index is 12.2. The highest BCUT2D eigenvalue weighted by Gasteiger charge is 2.27. The second kappa shape index (κ2) is 5.25. The van der Waals surface area contributed by atoms with Gasteiger partial charge < -0.3 is 20.4 Å². The molecular weight excluding hydrogens is 296 g/mol. The number of amides is 3. The Morgan fingerprint density at radius 2 is 2.33 bits per heavy atom. The smallest absolute Gasteiger partial charge is 0.322 e. The molecule has 2 aromatic rings. The van der Waals surface area contributed by atoms with E-state index in [0.29, 0.717) is 18.5 Å². The summed E-state index contributed by atoms with van der Waals surface area (Å²) in [5.74, 6) is -0.876. The molecule has 1 aliphatic rings. The zero-order valence-corrected chi connectivity index (χ0v) is 11.8. The fourth-order valence-electron chi connectivity index (χ4n) is 2.32. The van der Waals surface area contributed by atoms with E-state index in [4.69, 9.17) is 21.8 Å². The Bertz CT molecular complexity index is 715. The van der Waals surface area contributed by atoms with Crippen LogP contribution in [0.2, 0.25) is 0 Å². The highest BCUT2D eigenvalue weighted by molar-refractivity contribution is 6.21. The molecule has 1 fully saturated rings. The lowest BCUT2D eigenvalue weighted by Gasteiger charge is -2.16. The second-order valence-electron chi connectivity index (χ2n) is 4.79. The van der Waals surface area contributed by atoms with Crippen LogP contribution in [-0.2, 0) is 0 Å². The first-order valence-electron chi connectivity index (χ1n) is 6.43. The molecular formula is C13H13ClN4O3. The molecule has 1 aliphatic heterocycles. The molecule has 2 aromatic heterocycles. The van der Waals surface area contributed by atoms with Crippen molar-refractivity contribution in [1.29, 1.82) is 0 Å². The molecule has 1 atom stereocenters. The third-order valence-corrected chi connectivity index (χ3v) is 3.70. The molecule has 0 saturated carbocycles. The summed E-state index contributed by atoms with van der Waals surface area (Å²) in [4.78, 5) is 29.3. The summed E-state index contributed by atoms with van der Waals surface area (Å²) in [6, 6.07) is 3.04. The average Bonchev–Trinajstić information content (AvgIpc) is 3.03. The third kappa shape index (κ3) is 2.52. The minimum Gasteiger partial charge on any atom is -0.430 e. The van der Waals surface area contributed by atoms with Gasteiger partial charge in [-0.3, -0.25) is 4.79 Å². The van der Waals surface area contributed by atoms with Gasteiger partial charge in [0.05, 0.1) is 10.8 Å². The van der Waals surface area contributed by atoms with E-state index in [1.807, 2.05) is 0 Å². The number of alkyl halides is 1. The van der Waals surface area contributed by atoms with Crippen LogP contribution in [0.25, 0.3) is 11.1 Å². The van der Waals surface area contributed by atoms with Gasteiger partial charge in [-0.25, -0.2) is 9.78 Å². The first kappa shape index (κ1) is 13.7. The number of fused-ring (bicyclic) bond motifs is 1. The molecule has 8 heteroatoms. The maximum absolute atomic E-state index is 12.2. The Morgan fingerprint density at radius 1 is 1.52 bits per heavy atom. The van der Waals surface area contributed by atoms with Crippen LogP contribution in [-0.4, -0.2) is 40.3 Å². The summed E-state index contributed by atoms with van der Waals surface area (Å²) in [6.07, 6.45) is 2.27. The normalized spacial score (nSPS) is 18.1. The Labute approximate surface area is 125 Å². The topological polar surface area (TPSA) is 101 Å². The van der Waals surface area contributed by atoms with E-state index in [2.05, 4.69) is 10.3 Å². The molecule has 0 spiro atoms. The van der Waals surface area contributed by atoms with Crippen LogP contribution in [0.4, 0.5) is 10.5 Å². The van der Waals surface area contributed by atoms with Crippen LogP contribution in [0.5, 0.6) is 0 Å². The van der Waals surface area contributed by atoms with Crippen molar-refractivity contribution in [2.24, 2.45) is 5.73 Å². The standard InChI is InChI=1S/C13H13ClN4O3/c14-7-3-5-18(6-7)13(20)17-9-8-2-1-4-16-12(8)21-10(9)11(15)19/h1-2,4,7H,3,5-6H2,(H2,15,19)(H,17,20). The van der Waals surface area contributed by atoms with Gasteiger partial charge in [0.25, 0.3) is 5.91 Å². The molecule has 7 nitrogen and oxygen atoms in total. The molecule has 110 valence electrons. The highest BCUT2D eigenvalue weighted by Crippen LogP contribution is 2.29. The van der Waals surface area contributed by atoms with Gasteiger partial charge in [-0.15, -0.1) is 11.6 Å². The van der Waals surface area contributed by atoms with E-state index in [9.17, 15) is 9.59 Å². The number of hydrogen-bond donors (Lipinski definition) is 2. The predicted octanol–water partition coefficient (Wildman–Crippen LogP) is 1.77. The number of carbonyl (C=O) groups is 2. The number of likely N-dealkylation sites (tertiary alicyclic amines) is 1. The van der Waals surface area contributed by atoms with E-state index >= 15 is 0 Å². The summed E-state index contributed by atoms with van der Waals surface area (Å²) in [6.45, 7) is 1.03. The number of pyridine rings is 1. The van der Waals surface area contributed by atoms with E-state index in [1.165, 1.54) is 6.20 Å². The van der Waals surface area contributed by atoms with Crippen LogP contribution < -0.4 is 11.1 Å². The van der Waals surface area contributed by atoms with Crippen LogP contribution in [0.3, 0.4) is 0 Å². The van der Waals surface area contributed by atoms with Gasteiger partial charge in [0.15, 0.2) is 0 Å². The predicted molar refractivity (Wildman–Crippen MR) is 77.4 cm³/mol. The molecule has 0 bridgehead atoms. The zero-order chi connectivity index (χ0) is 15.0. The van der Waals surface area contributed by atoms with Gasteiger partial charge in [0.2, 0.25) is 11.5 Å². The Kier molecular flexibility index (Phi) is 3.42. The van der Waals surface area contributed by atoms with Gasteiger partial charge in [-0.05, 0) is 18.6 Å². The van der Waals surface area contributed by atoms with Crippen molar-refractivity contribution in [3.63, 3.8) is 0 Å². The van der Waals surface area contributed by atoms with Crippen molar-refractivity contribution in [2.75, 3.05) is 18.4 Å². The van der Waals surface area contributed by atoms with E-state index < -0.39 is 5.91 Å². The molecule has 3 heterocycles. The van der Waals surface area contributed by atoms with Gasteiger partial charge in [0.1, 0.15) is 5.69 Å². The maximum Gasteiger partial charge on any atom is 0.322 e. The molecule has 1 saturated heterocycles. The largest absolute Gasteiger partial charge is 0.430 e. The molecule has 3 amide bonds. The SMILES string of the molecule is NC(=O)c1oc2ncccc2c1NC(=O)N1CCC(Cl)C1. The van der Waals surface area contributed by atoms with Crippen molar-refractivity contribution in [1.82, 2.24) is 9.88 Å². The number of halogens is 1. The number of anilines is 1. The average molecular weight is 309 g/mol. The molecule has 3 N–H and O–H groups in total. The van der Waals surface area contributed by atoms with Gasteiger partial charge in [-0.1, -0.05) is 0 Å². The number of urea groups is 1. The highest BCUT2D eigenvalue weighted by atomic mass is 35.5. The summed E-state index contributed by atoms with van der Waals surface area (Å²) in [5.41, 5.74) is 5.78. The lowest BCUT2D eigenvalue weighted by Crippen LogP contribution is -2.33.